The average Bonchev–Trinajstić information content (AvgIpc) is 3.04. The van der Waals surface area contributed by atoms with E-state index in [1.807, 2.05) is 30.3 Å². The Hall–Kier alpha value is -2.21. The maximum absolute atomic E-state index is 12.3. The van der Waals surface area contributed by atoms with Crippen molar-refractivity contribution in [2.24, 2.45) is 5.10 Å². The Kier molecular flexibility index (Phi) is 4.25. The summed E-state index contributed by atoms with van der Waals surface area (Å²) >= 11 is 1.33. The summed E-state index contributed by atoms with van der Waals surface area (Å²) < 4.78 is 0. The maximum Gasteiger partial charge on any atom is 0.253 e. The third-order valence-electron chi connectivity index (χ3n) is 3.14. The van der Waals surface area contributed by atoms with Gasteiger partial charge in [-0.3, -0.25) is 4.79 Å². The van der Waals surface area contributed by atoms with Crippen LogP contribution in [-0.2, 0) is 4.79 Å². The van der Waals surface area contributed by atoms with Gasteiger partial charge in [0.15, 0.2) is 5.16 Å². The van der Waals surface area contributed by atoms with E-state index >= 15 is 0 Å². The third-order valence-corrected chi connectivity index (χ3v) is 4.00. The molecule has 2 aromatic rings. The molecule has 1 aliphatic heterocycles. The van der Waals surface area contributed by atoms with Crippen LogP contribution in [0.2, 0.25) is 0 Å². The van der Waals surface area contributed by atoms with Gasteiger partial charge in [-0.1, -0.05) is 42.1 Å². The smallest absolute Gasteiger partial charge is 0.253 e. The molecule has 106 valence electrons. The highest BCUT2D eigenvalue weighted by Gasteiger charge is 2.27. The highest BCUT2D eigenvalue weighted by atomic mass is 32.2. The molecule has 6 heteroatoms. The number of amides is 1. The van der Waals surface area contributed by atoms with Crippen LogP contribution in [0.1, 0.15) is 18.0 Å². The van der Waals surface area contributed by atoms with E-state index in [0.29, 0.717) is 5.16 Å². The summed E-state index contributed by atoms with van der Waals surface area (Å²) in [6.45, 7) is 0. The van der Waals surface area contributed by atoms with E-state index < -0.39 is 0 Å². The van der Waals surface area contributed by atoms with Gasteiger partial charge in [-0.05, 0) is 11.6 Å². The lowest BCUT2D eigenvalue weighted by Crippen LogP contribution is -2.28. The van der Waals surface area contributed by atoms with Crippen LogP contribution in [0, 0.1) is 0 Å². The van der Waals surface area contributed by atoms with Gasteiger partial charge in [0.1, 0.15) is 0 Å². The molecule has 1 atom stereocenters. The predicted octanol–water partition coefficient (Wildman–Crippen LogP) is 2.53. The second kappa shape index (κ2) is 6.49. The largest absolute Gasteiger partial charge is 0.272 e. The number of aromatic nitrogens is 2. The number of hydrazone groups is 1. The molecule has 1 unspecified atom stereocenters. The molecule has 0 aliphatic carbocycles. The zero-order valence-electron chi connectivity index (χ0n) is 11.3. The van der Waals surface area contributed by atoms with Crippen LogP contribution < -0.4 is 0 Å². The summed E-state index contributed by atoms with van der Waals surface area (Å²) in [6, 6.07) is 11.7. The molecule has 3 rings (SSSR count). The fourth-order valence-electron chi connectivity index (χ4n) is 2.16. The number of carbonyl (C=O) groups excluding carboxylic acids is 1. The van der Waals surface area contributed by atoms with E-state index in [9.17, 15) is 4.79 Å². The molecular weight excluding hydrogens is 284 g/mol. The Labute approximate surface area is 127 Å². The van der Waals surface area contributed by atoms with Crippen molar-refractivity contribution in [3.63, 3.8) is 0 Å². The Balaban J connectivity index is 1.65. The minimum absolute atomic E-state index is 0.00371. The topological polar surface area (TPSA) is 58.5 Å². The number of carbonyl (C=O) groups is 1. The van der Waals surface area contributed by atoms with Crippen LogP contribution in [0.15, 0.2) is 59.0 Å². The Bertz CT molecular complexity index is 633. The van der Waals surface area contributed by atoms with Gasteiger partial charge < -0.3 is 0 Å². The van der Waals surface area contributed by atoms with Crippen LogP contribution in [0.5, 0.6) is 0 Å². The van der Waals surface area contributed by atoms with E-state index in [-0.39, 0.29) is 17.7 Å². The second-order valence-electron chi connectivity index (χ2n) is 4.52. The lowest BCUT2D eigenvalue weighted by atomic mass is 10.0. The van der Waals surface area contributed by atoms with E-state index in [4.69, 9.17) is 0 Å². The van der Waals surface area contributed by atoms with E-state index in [1.165, 1.54) is 11.8 Å². The molecule has 1 aromatic carbocycles. The first-order valence-electron chi connectivity index (χ1n) is 6.64. The van der Waals surface area contributed by atoms with Gasteiger partial charge in [0.25, 0.3) is 5.91 Å². The minimum atomic E-state index is -0.0324. The van der Waals surface area contributed by atoms with Crippen LogP contribution in [0.3, 0.4) is 0 Å². The molecule has 0 fully saturated rings. The molecule has 1 aromatic heterocycles. The van der Waals surface area contributed by atoms with Crippen LogP contribution >= 0.6 is 11.8 Å². The lowest BCUT2D eigenvalue weighted by Gasteiger charge is -2.21. The Morgan fingerprint density at radius 2 is 1.95 bits per heavy atom. The first-order valence-corrected chi connectivity index (χ1v) is 7.62. The summed E-state index contributed by atoms with van der Waals surface area (Å²) in [5.74, 6) is 0.250. The van der Waals surface area contributed by atoms with Crippen molar-refractivity contribution < 1.29 is 4.79 Å². The van der Waals surface area contributed by atoms with Gasteiger partial charge >= 0.3 is 0 Å². The molecule has 2 heterocycles. The quantitative estimate of drug-likeness (QED) is 0.643. The van der Waals surface area contributed by atoms with Crippen molar-refractivity contribution in [3.05, 3.63) is 54.4 Å². The SMILES string of the molecule is O=C(CSc1ncccn1)N1N=CCC1c1ccccc1. The standard InChI is InChI=1S/C15H14N4OS/c20-14(11-21-15-16-8-4-9-17-15)19-13(7-10-18-19)12-5-2-1-3-6-12/h1-6,8-10,13H,7,11H2. The molecule has 1 amide bonds. The summed E-state index contributed by atoms with van der Waals surface area (Å²) in [5.41, 5.74) is 1.10. The summed E-state index contributed by atoms with van der Waals surface area (Å²) in [5, 5.41) is 6.37. The number of nitrogens with zero attached hydrogens (tertiary/aromatic N) is 4. The molecule has 1 aliphatic rings. The molecule has 0 saturated heterocycles. The monoisotopic (exact) mass is 298 g/mol. The lowest BCUT2D eigenvalue weighted by molar-refractivity contribution is -0.130. The van der Waals surface area contributed by atoms with Gasteiger partial charge in [0.2, 0.25) is 0 Å². The van der Waals surface area contributed by atoms with E-state index in [1.54, 1.807) is 29.7 Å². The first kappa shape index (κ1) is 13.8. The van der Waals surface area contributed by atoms with Crippen molar-refractivity contribution in [2.45, 2.75) is 17.6 Å². The second-order valence-corrected chi connectivity index (χ2v) is 5.46. The van der Waals surface area contributed by atoms with Crippen molar-refractivity contribution in [1.29, 1.82) is 0 Å². The number of benzene rings is 1. The summed E-state index contributed by atoms with van der Waals surface area (Å²) in [6.07, 6.45) is 5.88. The van der Waals surface area contributed by atoms with Crippen molar-refractivity contribution in [3.8, 4) is 0 Å². The summed E-state index contributed by atoms with van der Waals surface area (Å²) in [7, 11) is 0. The zero-order valence-corrected chi connectivity index (χ0v) is 12.1. The van der Waals surface area contributed by atoms with E-state index in [2.05, 4.69) is 15.1 Å². The Morgan fingerprint density at radius 3 is 2.71 bits per heavy atom. The Morgan fingerprint density at radius 1 is 1.19 bits per heavy atom. The minimum Gasteiger partial charge on any atom is -0.272 e. The number of rotatable bonds is 4. The third kappa shape index (κ3) is 3.28. The number of thioether (sulfide) groups is 1. The van der Waals surface area contributed by atoms with E-state index in [0.717, 1.165) is 12.0 Å². The molecule has 0 saturated carbocycles. The number of hydrogen-bond acceptors (Lipinski definition) is 5. The van der Waals surface area contributed by atoms with Gasteiger partial charge in [-0.15, -0.1) is 0 Å². The average molecular weight is 298 g/mol. The van der Waals surface area contributed by atoms with Crippen molar-refractivity contribution in [1.82, 2.24) is 15.0 Å². The highest BCUT2D eigenvalue weighted by Crippen LogP contribution is 2.28. The highest BCUT2D eigenvalue weighted by molar-refractivity contribution is 7.99. The molecular formula is C15H14N4OS. The molecule has 0 N–H and O–H groups in total. The van der Waals surface area contributed by atoms with Gasteiger partial charge in [-0.25, -0.2) is 15.0 Å². The van der Waals surface area contributed by atoms with Crippen LogP contribution in [-0.4, -0.2) is 32.9 Å². The zero-order chi connectivity index (χ0) is 14.5. The van der Waals surface area contributed by atoms with Gasteiger partial charge in [0.05, 0.1) is 11.8 Å². The molecule has 5 nitrogen and oxygen atoms in total. The number of hydrogen-bond donors (Lipinski definition) is 0. The van der Waals surface area contributed by atoms with Crippen molar-refractivity contribution >= 4 is 23.9 Å². The molecule has 21 heavy (non-hydrogen) atoms. The summed E-state index contributed by atoms with van der Waals surface area (Å²) in [4.78, 5) is 20.5. The molecule has 0 bridgehead atoms. The normalized spacial score (nSPS) is 17.1. The molecule has 0 spiro atoms. The molecule has 0 radical (unpaired) electrons. The van der Waals surface area contributed by atoms with Gasteiger partial charge in [-0.2, -0.15) is 5.10 Å². The maximum atomic E-state index is 12.3. The first-order chi connectivity index (χ1) is 10.3. The van der Waals surface area contributed by atoms with Crippen molar-refractivity contribution in [2.75, 3.05) is 5.75 Å². The van der Waals surface area contributed by atoms with Gasteiger partial charge in [0, 0.05) is 25.0 Å². The predicted molar refractivity (Wildman–Crippen MR) is 81.9 cm³/mol. The fraction of sp³-hybridized carbons (Fsp3) is 0.200. The fourth-order valence-corrected chi connectivity index (χ4v) is 2.81. The van der Waals surface area contributed by atoms with Crippen LogP contribution in [0.4, 0.5) is 0 Å². The van der Waals surface area contributed by atoms with Crippen LogP contribution in [0.25, 0.3) is 0 Å².